The molecule has 0 spiro atoms. The zero-order chi connectivity index (χ0) is 12.3. The van der Waals surface area contributed by atoms with Crippen LogP contribution in [0.25, 0.3) is 0 Å². The summed E-state index contributed by atoms with van der Waals surface area (Å²) < 4.78 is 6.49. The van der Waals surface area contributed by atoms with E-state index in [1.165, 1.54) is 0 Å². The van der Waals surface area contributed by atoms with Gasteiger partial charge in [-0.1, -0.05) is 43.4 Å². The molecule has 0 radical (unpaired) electrons. The van der Waals surface area contributed by atoms with Crippen molar-refractivity contribution in [3.63, 3.8) is 0 Å². The zero-order valence-corrected chi connectivity index (χ0v) is 12.1. The molecule has 0 rings (SSSR count). The van der Waals surface area contributed by atoms with Crippen LogP contribution < -0.4 is 0 Å². The van der Waals surface area contributed by atoms with E-state index in [2.05, 4.69) is 0 Å². The molecule has 4 heteroatoms. The van der Waals surface area contributed by atoms with Gasteiger partial charge < -0.3 is 9.84 Å². The molecule has 0 saturated heterocycles. The Balaban J connectivity index is 5.08. The van der Waals surface area contributed by atoms with E-state index in [0.717, 1.165) is 0 Å². The van der Waals surface area contributed by atoms with Gasteiger partial charge in [-0.15, -0.1) is 0 Å². The number of hydrogen-bond donors (Lipinski definition) is 1. The zero-order valence-electron chi connectivity index (χ0n) is 9.93. The van der Waals surface area contributed by atoms with Gasteiger partial charge in [0.15, 0.2) is 0 Å². The van der Waals surface area contributed by atoms with Crippen LogP contribution in [0.1, 0.15) is 34.6 Å². The summed E-state index contributed by atoms with van der Waals surface area (Å²) in [6.07, 6.45) is 0. The smallest absolute Gasteiger partial charge is 0.337 e. The van der Waals surface area contributed by atoms with Crippen LogP contribution >= 0.6 is 22.6 Å². The molecule has 0 aliphatic heterocycles. The summed E-state index contributed by atoms with van der Waals surface area (Å²) in [5.74, 6) is -0.452. The number of halogens is 1. The molecule has 88 valence electrons. The first-order chi connectivity index (χ1) is 6.68. The summed E-state index contributed by atoms with van der Waals surface area (Å²) in [4.78, 5) is 11.6. The largest absolute Gasteiger partial charge is 0.463 e. The molecule has 3 nitrogen and oxygen atoms in total. The standard InChI is InChI=1S/C11H19IO3/c1-6-15-9(13)8(7-12)11(5,14)10(2,3)4/h7,14H,6H2,1-5H3. The SMILES string of the molecule is CCOC(=O)C(=CI)C(C)(O)C(C)(C)C. The lowest BCUT2D eigenvalue weighted by atomic mass is 9.73. The van der Waals surface area contributed by atoms with Gasteiger partial charge in [-0.3, -0.25) is 0 Å². The molecule has 0 bridgehead atoms. The number of esters is 1. The quantitative estimate of drug-likeness (QED) is 0.493. The van der Waals surface area contributed by atoms with E-state index in [0.29, 0.717) is 12.2 Å². The molecule has 1 N–H and O–H groups in total. The average molecular weight is 326 g/mol. The lowest BCUT2D eigenvalue weighted by molar-refractivity contribution is -0.142. The van der Waals surface area contributed by atoms with Crippen LogP contribution in [0.4, 0.5) is 0 Å². The second-order valence-corrected chi connectivity index (χ2v) is 5.19. The van der Waals surface area contributed by atoms with Crippen LogP contribution in [-0.2, 0) is 9.53 Å². The van der Waals surface area contributed by atoms with Crippen molar-refractivity contribution in [2.24, 2.45) is 5.41 Å². The third-order valence-corrected chi connectivity index (χ3v) is 3.21. The summed E-state index contributed by atoms with van der Waals surface area (Å²) in [7, 11) is 0. The molecule has 0 aromatic rings. The Labute approximate surface area is 105 Å². The molecule has 0 fully saturated rings. The van der Waals surface area contributed by atoms with Gasteiger partial charge in [0.25, 0.3) is 0 Å². The normalized spacial score (nSPS) is 17.1. The van der Waals surface area contributed by atoms with Gasteiger partial charge in [-0.05, 0) is 23.3 Å². The molecule has 0 aliphatic rings. The highest BCUT2D eigenvalue weighted by molar-refractivity contribution is 14.1. The van der Waals surface area contributed by atoms with Gasteiger partial charge >= 0.3 is 5.97 Å². The fraction of sp³-hybridized carbons (Fsp3) is 0.727. The minimum absolute atomic E-state index is 0.303. The minimum atomic E-state index is -1.19. The molecule has 0 amide bonds. The Morgan fingerprint density at radius 3 is 2.13 bits per heavy atom. The third kappa shape index (κ3) is 3.45. The Bertz CT molecular complexity index is 261. The molecule has 1 unspecified atom stereocenters. The number of carbonyl (C=O) groups excluding carboxylic acids is 1. The minimum Gasteiger partial charge on any atom is -0.463 e. The Morgan fingerprint density at radius 2 is 1.87 bits per heavy atom. The van der Waals surface area contributed by atoms with Crippen molar-refractivity contribution in [1.82, 2.24) is 0 Å². The maximum atomic E-state index is 11.6. The van der Waals surface area contributed by atoms with Gasteiger partial charge in [0.05, 0.1) is 17.8 Å². The van der Waals surface area contributed by atoms with E-state index in [1.807, 2.05) is 43.4 Å². The first-order valence-corrected chi connectivity index (χ1v) is 6.13. The van der Waals surface area contributed by atoms with E-state index in [1.54, 1.807) is 17.9 Å². The van der Waals surface area contributed by atoms with Gasteiger partial charge in [0, 0.05) is 0 Å². The summed E-state index contributed by atoms with van der Waals surface area (Å²) in [6, 6.07) is 0. The van der Waals surface area contributed by atoms with Gasteiger partial charge in [-0.25, -0.2) is 4.79 Å². The molecular formula is C11H19IO3. The molecule has 0 aromatic carbocycles. The van der Waals surface area contributed by atoms with Crippen LogP contribution in [0.5, 0.6) is 0 Å². The van der Waals surface area contributed by atoms with Crippen molar-refractivity contribution in [2.45, 2.75) is 40.2 Å². The van der Waals surface area contributed by atoms with Gasteiger partial charge in [0.2, 0.25) is 0 Å². The molecular weight excluding hydrogens is 307 g/mol. The van der Waals surface area contributed by atoms with Crippen molar-refractivity contribution in [3.8, 4) is 0 Å². The molecule has 1 atom stereocenters. The van der Waals surface area contributed by atoms with Crippen molar-refractivity contribution in [2.75, 3.05) is 6.61 Å². The summed E-state index contributed by atoms with van der Waals surface area (Å²) in [5, 5.41) is 10.3. The molecule has 0 aromatic heterocycles. The second-order valence-electron chi connectivity index (χ2n) is 4.57. The highest BCUT2D eigenvalue weighted by atomic mass is 127. The van der Waals surface area contributed by atoms with E-state index in [9.17, 15) is 9.90 Å². The Hall–Kier alpha value is -0.100. The predicted molar refractivity (Wildman–Crippen MR) is 68.8 cm³/mol. The maximum Gasteiger partial charge on any atom is 0.337 e. The lowest BCUT2D eigenvalue weighted by Gasteiger charge is -2.37. The highest BCUT2D eigenvalue weighted by Gasteiger charge is 2.42. The topological polar surface area (TPSA) is 46.5 Å². The van der Waals surface area contributed by atoms with E-state index >= 15 is 0 Å². The number of rotatable bonds is 3. The first-order valence-electron chi connectivity index (χ1n) is 4.88. The van der Waals surface area contributed by atoms with Crippen LogP contribution in [-0.4, -0.2) is 23.3 Å². The van der Waals surface area contributed by atoms with Gasteiger partial charge in [0.1, 0.15) is 0 Å². The second kappa shape index (κ2) is 5.30. The van der Waals surface area contributed by atoms with Crippen molar-refractivity contribution in [1.29, 1.82) is 0 Å². The molecule has 15 heavy (non-hydrogen) atoms. The van der Waals surface area contributed by atoms with Crippen LogP contribution in [0.2, 0.25) is 0 Å². The summed E-state index contributed by atoms with van der Waals surface area (Å²) in [6.45, 7) is 9.33. The van der Waals surface area contributed by atoms with Crippen molar-refractivity contribution >= 4 is 28.6 Å². The average Bonchev–Trinajstić information content (AvgIpc) is 2.03. The summed E-state index contributed by atoms with van der Waals surface area (Å²) in [5.41, 5.74) is -1.31. The number of aliphatic hydroxyl groups is 1. The first kappa shape index (κ1) is 14.9. The highest BCUT2D eigenvalue weighted by Crippen LogP contribution is 2.37. The molecule has 0 saturated carbocycles. The fourth-order valence-corrected chi connectivity index (χ4v) is 1.82. The lowest BCUT2D eigenvalue weighted by Crippen LogP contribution is -2.44. The number of hydrogen-bond acceptors (Lipinski definition) is 3. The molecule has 0 heterocycles. The maximum absolute atomic E-state index is 11.6. The molecule has 0 aliphatic carbocycles. The Morgan fingerprint density at radius 1 is 1.40 bits per heavy atom. The fourth-order valence-electron chi connectivity index (χ4n) is 0.962. The van der Waals surface area contributed by atoms with Crippen molar-refractivity contribution < 1.29 is 14.6 Å². The van der Waals surface area contributed by atoms with Crippen LogP contribution in [0.3, 0.4) is 0 Å². The number of carbonyl (C=O) groups is 1. The predicted octanol–water partition coefficient (Wildman–Crippen LogP) is 2.67. The van der Waals surface area contributed by atoms with Gasteiger partial charge in [-0.2, -0.15) is 0 Å². The number of ether oxygens (including phenoxy) is 1. The summed E-state index contributed by atoms with van der Waals surface area (Å²) >= 11 is 1.95. The van der Waals surface area contributed by atoms with Crippen molar-refractivity contribution in [3.05, 3.63) is 9.66 Å². The monoisotopic (exact) mass is 326 g/mol. The van der Waals surface area contributed by atoms with Crippen LogP contribution in [0.15, 0.2) is 9.66 Å². The van der Waals surface area contributed by atoms with E-state index in [-0.39, 0.29) is 0 Å². The van der Waals surface area contributed by atoms with E-state index in [4.69, 9.17) is 4.74 Å². The third-order valence-electron chi connectivity index (χ3n) is 2.59. The Kier molecular flexibility index (Phi) is 5.26. The van der Waals surface area contributed by atoms with E-state index < -0.39 is 17.0 Å². The van der Waals surface area contributed by atoms with Crippen LogP contribution in [0, 0.1) is 5.41 Å².